The van der Waals surface area contributed by atoms with Crippen LogP contribution in [0.15, 0.2) is 22.7 Å². The van der Waals surface area contributed by atoms with Gasteiger partial charge >= 0.3 is 0 Å². The van der Waals surface area contributed by atoms with Gasteiger partial charge in [0.15, 0.2) is 0 Å². The molecule has 1 aromatic carbocycles. The van der Waals surface area contributed by atoms with Gasteiger partial charge in [0.2, 0.25) is 0 Å². The summed E-state index contributed by atoms with van der Waals surface area (Å²) in [6, 6.07) is 7.40. The first-order valence-corrected chi connectivity index (χ1v) is 7.79. The second-order valence-electron chi connectivity index (χ2n) is 5.64. The first-order valence-electron chi connectivity index (χ1n) is 7.00. The summed E-state index contributed by atoms with van der Waals surface area (Å²) in [7, 11) is 0. The number of hydrogen-bond acceptors (Lipinski definition) is 2. The molecular weight excluding hydrogens is 288 g/mol. The fourth-order valence-electron chi connectivity index (χ4n) is 3.50. The van der Waals surface area contributed by atoms with E-state index in [1.54, 1.807) is 5.56 Å². The quantitative estimate of drug-likeness (QED) is 0.909. The Morgan fingerprint density at radius 2 is 2.22 bits per heavy atom. The van der Waals surface area contributed by atoms with Crippen LogP contribution in [-0.4, -0.2) is 24.5 Å². The Balaban J connectivity index is 1.81. The number of hydrogen-bond donors (Lipinski definition) is 1. The average molecular weight is 309 g/mol. The maximum atomic E-state index is 5.85. The zero-order valence-corrected chi connectivity index (χ0v) is 12.3. The fourth-order valence-corrected chi connectivity index (χ4v) is 3.88. The summed E-state index contributed by atoms with van der Waals surface area (Å²) in [5.41, 5.74) is 8.93. The van der Waals surface area contributed by atoms with Crippen molar-refractivity contribution in [3.63, 3.8) is 0 Å². The Hall–Kier alpha value is -0.380. The van der Waals surface area contributed by atoms with Gasteiger partial charge in [-0.2, -0.15) is 0 Å². The van der Waals surface area contributed by atoms with Crippen molar-refractivity contribution in [1.82, 2.24) is 4.90 Å². The topological polar surface area (TPSA) is 29.3 Å². The highest BCUT2D eigenvalue weighted by molar-refractivity contribution is 9.10. The van der Waals surface area contributed by atoms with Crippen molar-refractivity contribution in [3.8, 4) is 0 Å². The van der Waals surface area contributed by atoms with E-state index >= 15 is 0 Å². The third-order valence-corrected chi connectivity index (χ3v) is 4.97. The van der Waals surface area contributed by atoms with Gasteiger partial charge in [0.25, 0.3) is 0 Å². The zero-order chi connectivity index (χ0) is 12.5. The number of nitrogens with two attached hydrogens (primary N) is 1. The summed E-state index contributed by atoms with van der Waals surface area (Å²) in [6.45, 7) is 3.27. The molecule has 1 aliphatic carbocycles. The summed E-state index contributed by atoms with van der Waals surface area (Å²) < 4.78 is 1.21. The predicted molar refractivity (Wildman–Crippen MR) is 78.6 cm³/mol. The van der Waals surface area contributed by atoms with Crippen molar-refractivity contribution in [2.24, 2.45) is 11.7 Å². The highest BCUT2D eigenvalue weighted by Gasteiger charge is 2.31. The van der Waals surface area contributed by atoms with Crippen molar-refractivity contribution >= 4 is 15.9 Å². The second-order valence-corrected chi connectivity index (χ2v) is 6.55. The Labute approximate surface area is 118 Å². The smallest absolute Gasteiger partial charge is 0.0354 e. The number of piperidine rings is 1. The highest BCUT2D eigenvalue weighted by Crippen LogP contribution is 2.38. The summed E-state index contributed by atoms with van der Waals surface area (Å²) in [5, 5.41) is 0. The van der Waals surface area contributed by atoms with E-state index in [0.29, 0.717) is 12.0 Å². The van der Waals surface area contributed by atoms with Crippen molar-refractivity contribution < 1.29 is 0 Å². The van der Waals surface area contributed by atoms with Crippen molar-refractivity contribution in [2.45, 2.75) is 31.7 Å². The minimum absolute atomic E-state index is 0.631. The first-order chi connectivity index (χ1) is 8.78. The Kier molecular flexibility index (Phi) is 3.73. The molecule has 0 bridgehead atoms. The normalized spacial score (nSPS) is 28.3. The van der Waals surface area contributed by atoms with E-state index in [9.17, 15) is 0 Å². The Morgan fingerprint density at radius 3 is 3.06 bits per heavy atom. The summed E-state index contributed by atoms with van der Waals surface area (Å²) >= 11 is 3.60. The molecule has 1 saturated heterocycles. The molecule has 3 heteroatoms. The van der Waals surface area contributed by atoms with E-state index < -0.39 is 0 Å². The van der Waals surface area contributed by atoms with E-state index in [0.717, 1.165) is 6.54 Å². The Bertz CT molecular complexity index is 433. The van der Waals surface area contributed by atoms with Gasteiger partial charge in [-0.3, -0.25) is 4.90 Å². The molecule has 0 spiro atoms. The van der Waals surface area contributed by atoms with E-state index in [1.807, 2.05) is 0 Å². The lowest BCUT2D eigenvalue weighted by Crippen LogP contribution is -2.40. The summed E-state index contributed by atoms with van der Waals surface area (Å²) in [4.78, 5) is 2.67. The van der Waals surface area contributed by atoms with Gasteiger partial charge in [-0.15, -0.1) is 0 Å². The molecule has 18 heavy (non-hydrogen) atoms. The lowest BCUT2D eigenvalue weighted by molar-refractivity contribution is 0.125. The minimum atomic E-state index is 0.631. The van der Waals surface area contributed by atoms with Crippen LogP contribution in [0.4, 0.5) is 0 Å². The molecule has 0 saturated carbocycles. The molecule has 1 fully saturated rings. The van der Waals surface area contributed by atoms with Crippen LogP contribution < -0.4 is 5.73 Å². The van der Waals surface area contributed by atoms with E-state index in [-0.39, 0.29) is 0 Å². The van der Waals surface area contributed by atoms with Crippen LogP contribution in [0.5, 0.6) is 0 Å². The molecule has 1 heterocycles. The molecule has 0 radical (unpaired) electrons. The molecule has 2 unspecified atom stereocenters. The molecule has 2 N–H and O–H groups in total. The molecule has 2 atom stereocenters. The number of halogens is 1. The van der Waals surface area contributed by atoms with Gasteiger partial charge in [0.05, 0.1) is 0 Å². The number of aryl methyl sites for hydroxylation is 1. The molecule has 98 valence electrons. The molecule has 3 rings (SSSR count). The SMILES string of the molecule is NCC1CCCN(C2CCc3ccc(Br)cc32)C1. The second kappa shape index (κ2) is 5.32. The third kappa shape index (κ3) is 2.36. The van der Waals surface area contributed by atoms with Gasteiger partial charge < -0.3 is 5.73 Å². The zero-order valence-electron chi connectivity index (χ0n) is 10.7. The summed E-state index contributed by atoms with van der Waals surface area (Å²) in [6.07, 6.45) is 5.13. The van der Waals surface area contributed by atoms with Crippen LogP contribution >= 0.6 is 15.9 Å². The number of benzene rings is 1. The lowest BCUT2D eigenvalue weighted by Gasteiger charge is -2.36. The minimum Gasteiger partial charge on any atom is -0.330 e. The lowest BCUT2D eigenvalue weighted by atomic mass is 9.95. The first kappa shape index (κ1) is 12.6. The molecule has 1 aromatic rings. The van der Waals surface area contributed by atoms with Crippen LogP contribution in [0.25, 0.3) is 0 Å². The standard InChI is InChI=1S/C15H21BrN2/c16-13-5-3-12-4-6-15(14(12)8-13)18-7-1-2-11(9-17)10-18/h3,5,8,11,15H,1-2,4,6-7,9-10,17H2. The number of likely N-dealkylation sites (tertiary alicyclic amines) is 1. The van der Waals surface area contributed by atoms with Gasteiger partial charge in [-0.1, -0.05) is 22.0 Å². The number of nitrogens with zero attached hydrogens (tertiary/aromatic N) is 1. The van der Waals surface area contributed by atoms with Crippen molar-refractivity contribution in [1.29, 1.82) is 0 Å². The molecular formula is C15H21BrN2. The monoisotopic (exact) mass is 308 g/mol. The van der Waals surface area contributed by atoms with Crippen LogP contribution in [0.2, 0.25) is 0 Å². The van der Waals surface area contributed by atoms with Gasteiger partial charge in [-0.05, 0) is 68.0 Å². The molecule has 2 aliphatic rings. The van der Waals surface area contributed by atoms with E-state index in [4.69, 9.17) is 5.73 Å². The van der Waals surface area contributed by atoms with E-state index in [1.165, 1.54) is 48.8 Å². The molecule has 1 aliphatic heterocycles. The van der Waals surface area contributed by atoms with Crippen molar-refractivity contribution in [2.75, 3.05) is 19.6 Å². The van der Waals surface area contributed by atoms with Crippen LogP contribution in [0.3, 0.4) is 0 Å². The fraction of sp³-hybridized carbons (Fsp3) is 0.600. The molecule has 0 amide bonds. The van der Waals surface area contributed by atoms with E-state index in [2.05, 4.69) is 39.0 Å². The number of fused-ring (bicyclic) bond motifs is 1. The molecule has 2 nitrogen and oxygen atoms in total. The van der Waals surface area contributed by atoms with Crippen LogP contribution in [0.1, 0.15) is 36.4 Å². The molecule has 0 aromatic heterocycles. The van der Waals surface area contributed by atoms with Crippen molar-refractivity contribution in [3.05, 3.63) is 33.8 Å². The predicted octanol–water partition coefficient (Wildman–Crippen LogP) is 3.11. The maximum Gasteiger partial charge on any atom is 0.0354 e. The van der Waals surface area contributed by atoms with Crippen LogP contribution in [0, 0.1) is 5.92 Å². The Morgan fingerprint density at radius 1 is 1.33 bits per heavy atom. The average Bonchev–Trinajstić information content (AvgIpc) is 2.81. The van der Waals surface area contributed by atoms with Gasteiger partial charge in [0, 0.05) is 17.1 Å². The third-order valence-electron chi connectivity index (χ3n) is 4.48. The highest BCUT2D eigenvalue weighted by atomic mass is 79.9. The van der Waals surface area contributed by atoms with Gasteiger partial charge in [0.1, 0.15) is 0 Å². The largest absolute Gasteiger partial charge is 0.330 e. The summed E-state index contributed by atoms with van der Waals surface area (Å²) in [5.74, 6) is 0.704. The maximum absolute atomic E-state index is 5.85. The van der Waals surface area contributed by atoms with Gasteiger partial charge in [-0.25, -0.2) is 0 Å². The van der Waals surface area contributed by atoms with Crippen LogP contribution in [-0.2, 0) is 6.42 Å². The number of rotatable bonds is 2.